The van der Waals surface area contributed by atoms with Gasteiger partial charge in [0, 0.05) is 29.2 Å². The normalized spacial score (nSPS) is 11.3. The van der Waals surface area contributed by atoms with Crippen molar-refractivity contribution in [1.82, 2.24) is 9.88 Å². The largest absolute Gasteiger partial charge is 0.343 e. The van der Waals surface area contributed by atoms with E-state index in [9.17, 15) is 9.18 Å². The highest BCUT2D eigenvalue weighted by Gasteiger charge is 2.26. The Morgan fingerprint density at radius 3 is 2.21 bits per heavy atom. The molecule has 24 heavy (non-hydrogen) atoms. The monoisotopic (exact) mass is 322 g/mol. The fraction of sp³-hybridized carbons (Fsp3) is 0.150. The Bertz CT molecular complexity index is 836. The van der Waals surface area contributed by atoms with Gasteiger partial charge in [-0.25, -0.2) is 4.39 Å². The number of halogens is 1. The van der Waals surface area contributed by atoms with Crippen molar-refractivity contribution < 1.29 is 9.18 Å². The number of benzene rings is 2. The highest BCUT2D eigenvalue weighted by Crippen LogP contribution is 2.23. The van der Waals surface area contributed by atoms with Gasteiger partial charge >= 0.3 is 0 Å². The average Bonchev–Trinajstić information content (AvgIpc) is 3.09. The van der Waals surface area contributed by atoms with E-state index in [1.165, 1.54) is 6.07 Å². The van der Waals surface area contributed by atoms with Gasteiger partial charge in [-0.1, -0.05) is 18.2 Å². The van der Waals surface area contributed by atoms with Crippen LogP contribution in [0.4, 0.5) is 4.39 Å². The van der Waals surface area contributed by atoms with Crippen LogP contribution in [0, 0.1) is 5.82 Å². The molecule has 0 aliphatic heterocycles. The fourth-order valence-electron chi connectivity index (χ4n) is 2.68. The average molecular weight is 322 g/mol. The molecule has 3 nitrogen and oxygen atoms in total. The van der Waals surface area contributed by atoms with Gasteiger partial charge < -0.3 is 9.88 Å². The van der Waals surface area contributed by atoms with Crippen LogP contribution >= 0.6 is 0 Å². The Morgan fingerprint density at radius 1 is 0.958 bits per heavy atom. The molecule has 0 spiro atoms. The molecule has 3 rings (SSSR count). The van der Waals surface area contributed by atoms with E-state index in [0.717, 1.165) is 5.69 Å². The maximum atomic E-state index is 14.0. The summed E-state index contributed by atoms with van der Waals surface area (Å²) < 4.78 is 16.0. The summed E-state index contributed by atoms with van der Waals surface area (Å²) in [5.74, 6) is -0.562. The SMILES string of the molecule is CC(C)(NC(=O)c1ccc(-n2cccc2)cc1)c1ccccc1F. The molecular weight excluding hydrogens is 303 g/mol. The van der Waals surface area contributed by atoms with E-state index >= 15 is 0 Å². The molecule has 1 N–H and O–H groups in total. The number of hydrogen-bond donors (Lipinski definition) is 1. The van der Waals surface area contributed by atoms with Gasteiger partial charge in [-0.3, -0.25) is 4.79 Å². The highest BCUT2D eigenvalue weighted by atomic mass is 19.1. The molecule has 0 aliphatic carbocycles. The predicted molar refractivity (Wildman–Crippen MR) is 92.7 cm³/mol. The number of hydrogen-bond acceptors (Lipinski definition) is 1. The zero-order valence-corrected chi connectivity index (χ0v) is 13.7. The summed E-state index contributed by atoms with van der Waals surface area (Å²) >= 11 is 0. The van der Waals surface area contributed by atoms with Crippen molar-refractivity contribution in [3.63, 3.8) is 0 Å². The summed E-state index contributed by atoms with van der Waals surface area (Å²) in [5, 5.41) is 2.90. The molecule has 2 aromatic carbocycles. The third-order valence-electron chi connectivity index (χ3n) is 4.01. The Morgan fingerprint density at radius 2 is 1.58 bits per heavy atom. The number of aromatic nitrogens is 1. The van der Waals surface area contributed by atoms with Crippen molar-refractivity contribution in [3.05, 3.63) is 90.0 Å². The van der Waals surface area contributed by atoms with E-state index in [2.05, 4.69) is 5.32 Å². The number of nitrogens with zero attached hydrogens (tertiary/aromatic N) is 1. The standard InChI is InChI=1S/C20H19FN2O/c1-20(2,17-7-3-4-8-18(17)21)22-19(24)15-9-11-16(12-10-15)23-13-5-6-14-23/h3-14H,1-2H3,(H,22,24). The zero-order chi connectivity index (χ0) is 17.2. The Balaban J connectivity index is 1.78. The minimum absolute atomic E-state index is 0.234. The van der Waals surface area contributed by atoms with Crippen LogP contribution in [0.3, 0.4) is 0 Å². The van der Waals surface area contributed by atoms with E-state index in [0.29, 0.717) is 11.1 Å². The second kappa shape index (κ2) is 6.32. The lowest BCUT2D eigenvalue weighted by atomic mass is 9.93. The summed E-state index contributed by atoms with van der Waals surface area (Å²) in [6.07, 6.45) is 3.88. The molecule has 0 unspecified atom stereocenters. The lowest BCUT2D eigenvalue weighted by Crippen LogP contribution is -2.41. The lowest BCUT2D eigenvalue weighted by Gasteiger charge is -2.27. The van der Waals surface area contributed by atoms with Gasteiger partial charge in [-0.2, -0.15) is 0 Å². The smallest absolute Gasteiger partial charge is 0.251 e. The van der Waals surface area contributed by atoms with E-state index in [1.807, 2.05) is 41.2 Å². The second-order valence-electron chi connectivity index (χ2n) is 6.20. The molecule has 0 fully saturated rings. The number of carbonyl (C=O) groups excluding carboxylic acids is 1. The first-order chi connectivity index (χ1) is 11.5. The van der Waals surface area contributed by atoms with Crippen molar-refractivity contribution in [2.75, 3.05) is 0 Å². The summed E-state index contributed by atoms with van der Waals surface area (Å²) in [6, 6.07) is 17.7. The first kappa shape index (κ1) is 16.0. The van der Waals surface area contributed by atoms with Crippen LogP contribution in [0.15, 0.2) is 73.1 Å². The second-order valence-corrected chi connectivity index (χ2v) is 6.20. The first-order valence-electron chi connectivity index (χ1n) is 7.78. The van der Waals surface area contributed by atoms with Crippen molar-refractivity contribution in [1.29, 1.82) is 0 Å². The third-order valence-corrected chi connectivity index (χ3v) is 4.01. The fourth-order valence-corrected chi connectivity index (χ4v) is 2.68. The molecule has 122 valence electrons. The minimum Gasteiger partial charge on any atom is -0.343 e. The number of amides is 1. The first-order valence-corrected chi connectivity index (χ1v) is 7.78. The molecule has 0 saturated carbocycles. The molecule has 0 atom stereocenters. The van der Waals surface area contributed by atoms with Crippen LogP contribution in [0.1, 0.15) is 29.8 Å². The Labute approximate surface area is 140 Å². The molecule has 1 aromatic heterocycles. The predicted octanol–water partition coefficient (Wildman–Crippen LogP) is 4.28. The summed E-state index contributed by atoms with van der Waals surface area (Å²) in [6.45, 7) is 3.58. The van der Waals surface area contributed by atoms with Crippen molar-refractivity contribution in [3.8, 4) is 5.69 Å². The molecule has 4 heteroatoms. The quantitative estimate of drug-likeness (QED) is 0.764. The number of carbonyl (C=O) groups is 1. The van der Waals surface area contributed by atoms with Crippen LogP contribution < -0.4 is 5.32 Å². The molecule has 3 aromatic rings. The van der Waals surface area contributed by atoms with Crippen LogP contribution in [0.2, 0.25) is 0 Å². The van der Waals surface area contributed by atoms with Crippen LogP contribution in [-0.4, -0.2) is 10.5 Å². The minimum atomic E-state index is -0.804. The van der Waals surface area contributed by atoms with Gasteiger partial charge in [-0.15, -0.1) is 0 Å². The summed E-state index contributed by atoms with van der Waals surface area (Å²) in [4.78, 5) is 12.5. The van der Waals surface area contributed by atoms with Gasteiger partial charge in [-0.05, 0) is 56.3 Å². The highest BCUT2D eigenvalue weighted by molar-refractivity contribution is 5.94. The third kappa shape index (κ3) is 3.23. The van der Waals surface area contributed by atoms with E-state index < -0.39 is 5.54 Å². The van der Waals surface area contributed by atoms with Crippen LogP contribution in [0.25, 0.3) is 5.69 Å². The van der Waals surface area contributed by atoms with Crippen molar-refractivity contribution >= 4 is 5.91 Å². The molecule has 0 radical (unpaired) electrons. The van der Waals surface area contributed by atoms with Gasteiger partial charge in [0.15, 0.2) is 0 Å². The van der Waals surface area contributed by atoms with Crippen molar-refractivity contribution in [2.45, 2.75) is 19.4 Å². The summed E-state index contributed by atoms with van der Waals surface area (Å²) in [5.41, 5.74) is 1.17. The molecule has 1 heterocycles. The Kier molecular flexibility index (Phi) is 4.21. The maximum absolute atomic E-state index is 14.0. The van der Waals surface area contributed by atoms with Gasteiger partial charge in [0.05, 0.1) is 5.54 Å². The van der Waals surface area contributed by atoms with E-state index in [-0.39, 0.29) is 11.7 Å². The molecule has 0 aliphatic rings. The molecule has 1 amide bonds. The molecular formula is C20H19FN2O. The Hall–Kier alpha value is -2.88. The van der Waals surface area contributed by atoms with Gasteiger partial charge in [0.1, 0.15) is 5.82 Å². The molecule has 0 bridgehead atoms. The zero-order valence-electron chi connectivity index (χ0n) is 13.7. The van der Waals surface area contributed by atoms with E-state index in [4.69, 9.17) is 0 Å². The van der Waals surface area contributed by atoms with Gasteiger partial charge in [0.2, 0.25) is 0 Å². The number of nitrogens with one attached hydrogen (secondary N) is 1. The van der Waals surface area contributed by atoms with Crippen LogP contribution in [0.5, 0.6) is 0 Å². The van der Waals surface area contributed by atoms with Crippen LogP contribution in [-0.2, 0) is 5.54 Å². The summed E-state index contributed by atoms with van der Waals surface area (Å²) in [7, 11) is 0. The van der Waals surface area contributed by atoms with Crippen molar-refractivity contribution in [2.24, 2.45) is 0 Å². The molecule has 0 saturated heterocycles. The maximum Gasteiger partial charge on any atom is 0.251 e. The topological polar surface area (TPSA) is 34.0 Å². The van der Waals surface area contributed by atoms with E-state index in [1.54, 1.807) is 44.2 Å². The lowest BCUT2D eigenvalue weighted by molar-refractivity contribution is 0.0911. The van der Waals surface area contributed by atoms with Gasteiger partial charge in [0.25, 0.3) is 5.91 Å². The number of rotatable bonds is 4.